The van der Waals surface area contributed by atoms with Gasteiger partial charge in [0.1, 0.15) is 11.0 Å². The smallest absolute Gasteiger partial charge is 0.236 e. The molecule has 1 aliphatic heterocycles. The second-order valence-corrected chi connectivity index (χ2v) is 7.83. The van der Waals surface area contributed by atoms with Gasteiger partial charge in [-0.25, -0.2) is 4.68 Å². The molecule has 2 heterocycles. The Bertz CT molecular complexity index is 974. The number of methoxy groups -OCH3 is 1. The SMILES string of the molecule is CCCNC(=O)C1Sc2nnc(-c3ccccc3)n2NC1c1ccc(OC)cc1. The molecule has 0 radical (unpaired) electrons. The van der Waals surface area contributed by atoms with Crippen molar-refractivity contribution >= 4 is 17.7 Å². The van der Waals surface area contributed by atoms with Gasteiger partial charge in [0.25, 0.3) is 0 Å². The molecule has 0 spiro atoms. The van der Waals surface area contributed by atoms with E-state index in [-0.39, 0.29) is 17.2 Å². The topological polar surface area (TPSA) is 81.1 Å². The number of thioether (sulfide) groups is 1. The minimum Gasteiger partial charge on any atom is -0.497 e. The van der Waals surface area contributed by atoms with Crippen LogP contribution in [-0.4, -0.2) is 39.7 Å². The van der Waals surface area contributed by atoms with Crippen LogP contribution >= 0.6 is 11.8 Å². The summed E-state index contributed by atoms with van der Waals surface area (Å²) in [5, 5.41) is 12.0. The van der Waals surface area contributed by atoms with Gasteiger partial charge in [-0.15, -0.1) is 10.2 Å². The van der Waals surface area contributed by atoms with E-state index in [1.54, 1.807) is 7.11 Å². The normalized spacial score (nSPS) is 17.9. The van der Waals surface area contributed by atoms with E-state index in [1.165, 1.54) is 11.8 Å². The number of ether oxygens (including phenoxy) is 1. The highest BCUT2D eigenvalue weighted by atomic mass is 32.2. The Morgan fingerprint density at radius 2 is 1.93 bits per heavy atom. The number of aromatic nitrogens is 3. The fraction of sp³-hybridized carbons (Fsp3) is 0.286. The lowest BCUT2D eigenvalue weighted by molar-refractivity contribution is -0.120. The molecule has 0 saturated heterocycles. The fourth-order valence-corrected chi connectivity index (χ4v) is 4.34. The van der Waals surface area contributed by atoms with Crippen LogP contribution in [0.1, 0.15) is 24.9 Å². The molecular formula is C21H23N5O2S. The maximum absolute atomic E-state index is 12.9. The second-order valence-electron chi connectivity index (χ2n) is 6.72. The first-order valence-corrected chi connectivity index (χ1v) is 10.4. The van der Waals surface area contributed by atoms with Gasteiger partial charge >= 0.3 is 0 Å². The van der Waals surface area contributed by atoms with Crippen LogP contribution < -0.4 is 15.5 Å². The van der Waals surface area contributed by atoms with Crippen LogP contribution in [0.25, 0.3) is 11.4 Å². The van der Waals surface area contributed by atoms with E-state index in [1.807, 2.05) is 66.2 Å². The molecule has 1 aromatic heterocycles. The van der Waals surface area contributed by atoms with Crippen LogP contribution in [0.5, 0.6) is 5.75 Å². The molecule has 1 aliphatic rings. The third-order valence-corrected chi connectivity index (χ3v) is 5.97. The van der Waals surface area contributed by atoms with Crippen LogP contribution in [0, 0.1) is 0 Å². The Morgan fingerprint density at radius 1 is 1.17 bits per heavy atom. The van der Waals surface area contributed by atoms with Gasteiger partial charge in [0.05, 0.1) is 13.2 Å². The number of carbonyl (C=O) groups is 1. The summed E-state index contributed by atoms with van der Waals surface area (Å²) in [4.78, 5) is 12.9. The summed E-state index contributed by atoms with van der Waals surface area (Å²) in [5.41, 5.74) is 5.43. The van der Waals surface area contributed by atoms with Gasteiger partial charge in [-0.2, -0.15) is 0 Å². The zero-order valence-corrected chi connectivity index (χ0v) is 17.1. The molecule has 2 aromatic carbocycles. The van der Waals surface area contributed by atoms with Crippen LogP contribution in [0.2, 0.25) is 0 Å². The number of fused-ring (bicyclic) bond motifs is 1. The minimum atomic E-state index is -0.365. The molecule has 3 aromatic rings. The van der Waals surface area contributed by atoms with E-state index >= 15 is 0 Å². The van der Waals surface area contributed by atoms with Gasteiger partial charge in [-0.1, -0.05) is 61.2 Å². The zero-order valence-electron chi connectivity index (χ0n) is 16.3. The number of nitrogens with one attached hydrogen (secondary N) is 2. The lowest BCUT2D eigenvalue weighted by atomic mass is 10.0. The molecule has 150 valence electrons. The molecule has 29 heavy (non-hydrogen) atoms. The van der Waals surface area contributed by atoms with Crippen molar-refractivity contribution in [1.82, 2.24) is 20.2 Å². The summed E-state index contributed by atoms with van der Waals surface area (Å²) in [6.07, 6.45) is 0.887. The Kier molecular flexibility index (Phi) is 5.71. The predicted octanol–water partition coefficient (Wildman–Crippen LogP) is 3.24. The Morgan fingerprint density at radius 3 is 2.62 bits per heavy atom. The van der Waals surface area contributed by atoms with Crippen LogP contribution in [0.4, 0.5) is 0 Å². The van der Waals surface area contributed by atoms with Gasteiger partial charge in [0, 0.05) is 12.1 Å². The number of carbonyl (C=O) groups excluding carboxylic acids is 1. The quantitative estimate of drug-likeness (QED) is 0.651. The van der Waals surface area contributed by atoms with Crippen molar-refractivity contribution in [2.45, 2.75) is 29.8 Å². The van der Waals surface area contributed by atoms with Crippen LogP contribution in [0.3, 0.4) is 0 Å². The molecule has 2 unspecified atom stereocenters. The van der Waals surface area contributed by atoms with Gasteiger partial charge in [-0.05, 0) is 24.1 Å². The first-order chi connectivity index (χ1) is 14.2. The number of amides is 1. The average Bonchev–Trinajstić information content (AvgIpc) is 3.20. The molecule has 0 aliphatic carbocycles. The van der Waals surface area contributed by atoms with Crippen molar-refractivity contribution in [3.63, 3.8) is 0 Å². The Labute approximate surface area is 173 Å². The number of hydrogen-bond donors (Lipinski definition) is 2. The first kappa shape index (κ1) is 19.3. The van der Waals surface area contributed by atoms with Crippen molar-refractivity contribution in [3.8, 4) is 17.1 Å². The van der Waals surface area contributed by atoms with E-state index in [0.29, 0.717) is 11.7 Å². The molecule has 2 N–H and O–H groups in total. The highest BCUT2D eigenvalue weighted by molar-refractivity contribution is 8.00. The Hall–Kier alpha value is -3.00. The van der Waals surface area contributed by atoms with E-state index in [2.05, 4.69) is 20.9 Å². The average molecular weight is 410 g/mol. The number of hydrogen-bond acceptors (Lipinski definition) is 6. The van der Waals surface area contributed by atoms with Crippen LogP contribution in [0.15, 0.2) is 59.8 Å². The lowest BCUT2D eigenvalue weighted by Gasteiger charge is -2.33. The van der Waals surface area contributed by atoms with E-state index in [9.17, 15) is 4.79 Å². The largest absolute Gasteiger partial charge is 0.497 e. The van der Waals surface area contributed by atoms with Gasteiger partial charge in [0.15, 0.2) is 5.82 Å². The zero-order chi connectivity index (χ0) is 20.2. The van der Waals surface area contributed by atoms with Crippen molar-refractivity contribution < 1.29 is 9.53 Å². The predicted molar refractivity (Wildman–Crippen MR) is 113 cm³/mol. The van der Waals surface area contributed by atoms with Crippen molar-refractivity contribution in [2.75, 3.05) is 19.1 Å². The third-order valence-electron chi connectivity index (χ3n) is 4.75. The fourth-order valence-electron chi connectivity index (χ4n) is 3.24. The number of rotatable bonds is 6. The molecule has 2 atom stereocenters. The maximum atomic E-state index is 12.9. The first-order valence-electron chi connectivity index (χ1n) is 9.57. The molecule has 0 fully saturated rings. The highest BCUT2D eigenvalue weighted by Gasteiger charge is 2.37. The van der Waals surface area contributed by atoms with E-state index in [4.69, 9.17) is 4.74 Å². The number of nitrogens with zero attached hydrogens (tertiary/aromatic N) is 3. The minimum absolute atomic E-state index is 0.0133. The highest BCUT2D eigenvalue weighted by Crippen LogP contribution is 2.38. The summed E-state index contributed by atoms with van der Waals surface area (Å²) in [7, 11) is 1.64. The third kappa shape index (κ3) is 3.93. The summed E-state index contributed by atoms with van der Waals surface area (Å²) in [5.74, 6) is 1.49. The molecule has 1 amide bonds. The van der Waals surface area contributed by atoms with Crippen molar-refractivity contribution in [1.29, 1.82) is 0 Å². The van der Waals surface area contributed by atoms with Gasteiger partial charge in [0.2, 0.25) is 11.1 Å². The van der Waals surface area contributed by atoms with Crippen molar-refractivity contribution in [3.05, 3.63) is 60.2 Å². The molecule has 0 saturated carbocycles. The van der Waals surface area contributed by atoms with Gasteiger partial charge < -0.3 is 15.5 Å². The summed E-state index contributed by atoms with van der Waals surface area (Å²) < 4.78 is 7.15. The van der Waals surface area contributed by atoms with E-state index < -0.39 is 0 Å². The van der Waals surface area contributed by atoms with Crippen molar-refractivity contribution in [2.24, 2.45) is 0 Å². The molecule has 8 heteroatoms. The van der Waals surface area contributed by atoms with Crippen LogP contribution in [-0.2, 0) is 4.79 Å². The molecule has 0 bridgehead atoms. The van der Waals surface area contributed by atoms with Gasteiger partial charge in [-0.3, -0.25) is 4.79 Å². The second kappa shape index (κ2) is 8.57. The Balaban J connectivity index is 1.71. The summed E-state index contributed by atoms with van der Waals surface area (Å²) in [6, 6.07) is 17.4. The molecule has 7 nitrogen and oxygen atoms in total. The molecular weight excluding hydrogens is 386 g/mol. The lowest BCUT2D eigenvalue weighted by Crippen LogP contribution is -2.44. The standard InChI is InChI=1S/C21H23N5O2S/c1-3-13-22-20(27)18-17(14-9-11-16(28-2)12-10-14)25-26-19(23-24-21(26)29-18)15-7-5-4-6-8-15/h4-12,17-18,25H,3,13H2,1-2H3,(H,22,27). The maximum Gasteiger partial charge on any atom is 0.236 e. The number of benzene rings is 2. The summed E-state index contributed by atoms with van der Waals surface area (Å²) in [6.45, 7) is 2.68. The monoisotopic (exact) mass is 409 g/mol. The summed E-state index contributed by atoms with van der Waals surface area (Å²) >= 11 is 1.43. The van der Waals surface area contributed by atoms with E-state index in [0.717, 1.165) is 29.1 Å². The molecule has 4 rings (SSSR count).